The topological polar surface area (TPSA) is 49.3 Å². The highest BCUT2D eigenvalue weighted by Gasteiger charge is 2.25. The maximum Gasteiger partial charge on any atom is 0.254 e. The molecule has 32 heavy (non-hydrogen) atoms. The molecule has 1 saturated heterocycles. The highest BCUT2D eigenvalue weighted by atomic mass is 35.5. The number of rotatable bonds is 3. The Morgan fingerprint density at radius 3 is 2.53 bits per heavy atom. The number of aryl methyl sites for hydroxylation is 1. The molecule has 0 atom stereocenters. The number of nitrogens with zero attached hydrogens (tertiary/aromatic N) is 4. The molecule has 1 amide bonds. The van der Waals surface area contributed by atoms with Crippen molar-refractivity contribution >= 4 is 34.1 Å². The number of carbonyl (C=O) groups excluding carboxylic acids is 1. The van der Waals surface area contributed by atoms with Crippen LogP contribution in [0.2, 0.25) is 5.02 Å². The Morgan fingerprint density at radius 2 is 1.78 bits per heavy atom. The number of anilines is 1. The van der Waals surface area contributed by atoms with Gasteiger partial charge in [0.2, 0.25) is 0 Å². The zero-order valence-corrected chi connectivity index (χ0v) is 18.6. The average molecular weight is 443 g/mol. The van der Waals surface area contributed by atoms with Gasteiger partial charge in [0.25, 0.3) is 5.91 Å². The van der Waals surface area contributed by atoms with E-state index in [1.807, 2.05) is 66.4 Å². The summed E-state index contributed by atoms with van der Waals surface area (Å²) in [5, 5.41) is 1.61. The molecule has 0 saturated carbocycles. The lowest BCUT2D eigenvalue weighted by Gasteiger charge is -2.36. The molecule has 2 aromatic carbocycles. The minimum absolute atomic E-state index is 0.0406. The number of benzene rings is 2. The first-order valence-electron chi connectivity index (χ1n) is 10.7. The number of amides is 1. The van der Waals surface area contributed by atoms with Crippen molar-refractivity contribution in [1.82, 2.24) is 14.9 Å². The molecule has 1 aliphatic heterocycles. The number of hydrogen-bond acceptors (Lipinski definition) is 4. The lowest BCUT2D eigenvalue weighted by Crippen LogP contribution is -2.48. The van der Waals surface area contributed by atoms with Gasteiger partial charge in [0.1, 0.15) is 0 Å². The van der Waals surface area contributed by atoms with Crippen molar-refractivity contribution in [3.8, 4) is 11.3 Å². The van der Waals surface area contributed by atoms with Crippen LogP contribution in [0.5, 0.6) is 0 Å². The van der Waals surface area contributed by atoms with Crippen LogP contribution in [0.1, 0.15) is 15.9 Å². The highest BCUT2D eigenvalue weighted by Crippen LogP contribution is 2.28. The highest BCUT2D eigenvalue weighted by molar-refractivity contribution is 6.30. The van der Waals surface area contributed by atoms with E-state index < -0.39 is 0 Å². The lowest BCUT2D eigenvalue weighted by molar-refractivity contribution is 0.0748. The van der Waals surface area contributed by atoms with Gasteiger partial charge in [-0.2, -0.15) is 0 Å². The Morgan fingerprint density at radius 1 is 0.969 bits per heavy atom. The van der Waals surface area contributed by atoms with Gasteiger partial charge in [-0.1, -0.05) is 35.9 Å². The van der Waals surface area contributed by atoms with Crippen LogP contribution in [0.15, 0.2) is 73.1 Å². The summed E-state index contributed by atoms with van der Waals surface area (Å²) in [6.07, 6.45) is 3.52. The van der Waals surface area contributed by atoms with Gasteiger partial charge in [-0.05, 0) is 48.9 Å². The fourth-order valence-corrected chi connectivity index (χ4v) is 4.43. The maximum atomic E-state index is 13.6. The van der Waals surface area contributed by atoms with E-state index in [1.54, 1.807) is 12.4 Å². The number of aromatic nitrogens is 2. The quantitative estimate of drug-likeness (QED) is 0.436. The monoisotopic (exact) mass is 442 g/mol. The predicted molar refractivity (Wildman–Crippen MR) is 129 cm³/mol. The van der Waals surface area contributed by atoms with Gasteiger partial charge in [0, 0.05) is 60.2 Å². The van der Waals surface area contributed by atoms with Crippen molar-refractivity contribution in [3.63, 3.8) is 0 Å². The van der Waals surface area contributed by atoms with Gasteiger partial charge in [-0.3, -0.25) is 9.78 Å². The van der Waals surface area contributed by atoms with Crippen molar-refractivity contribution in [2.75, 3.05) is 31.1 Å². The van der Waals surface area contributed by atoms with E-state index >= 15 is 0 Å². The molecule has 0 spiro atoms. The Kier molecular flexibility index (Phi) is 5.50. The van der Waals surface area contributed by atoms with Gasteiger partial charge >= 0.3 is 0 Å². The summed E-state index contributed by atoms with van der Waals surface area (Å²) in [7, 11) is 0. The molecular formula is C26H23ClN4O. The first-order chi connectivity index (χ1) is 15.6. The number of fused-ring (bicyclic) bond motifs is 1. The molecule has 0 radical (unpaired) electrons. The molecule has 0 N–H and O–H groups in total. The summed E-state index contributed by atoms with van der Waals surface area (Å²) in [6.45, 7) is 4.87. The molecule has 1 fully saturated rings. The van der Waals surface area contributed by atoms with E-state index in [4.69, 9.17) is 16.6 Å². The molecule has 5 nitrogen and oxygen atoms in total. The van der Waals surface area contributed by atoms with Crippen molar-refractivity contribution < 1.29 is 4.79 Å². The minimum atomic E-state index is 0.0406. The van der Waals surface area contributed by atoms with Gasteiger partial charge in [0.15, 0.2) is 0 Å². The van der Waals surface area contributed by atoms with E-state index in [-0.39, 0.29) is 5.91 Å². The van der Waals surface area contributed by atoms with Crippen molar-refractivity contribution in [2.24, 2.45) is 0 Å². The number of para-hydroxylation sites is 1. The third kappa shape index (κ3) is 3.92. The van der Waals surface area contributed by atoms with E-state index in [0.717, 1.165) is 51.5 Å². The first-order valence-corrected chi connectivity index (χ1v) is 11.1. The normalized spacial score (nSPS) is 14.1. The summed E-state index contributed by atoms with van der Waals surface area (Å²) in [6, 6.07) is 19.6. The summed E-state index contributed by atoms with van der Waals surface area (Å²) in [4.78, 5) is 26.9. The molecule has 5 rings (SSSR count). The molecule has 0 unspecified atom stereocenters. The van der Waals surface area contributed by atoms with Crippen molar-refractivity contribution in [1.29, 1.82) is 0 Å². The van der Waals surface area contributed by atoms with Gasteiger partial charge in [-0.25, -0.2) is 4.98 Å². The van der Waals surface area contributed by atoms with Crippen LogP contribution in [0.3, 0.4) is 0 Å². The number of carbonyl (C=O) groups is 1. The van der Waals surface area contributed by atoms with Gasteiger partial charge in [0.05, 0.1) is 16.8 Å². The zero-order valence-electron chi connectivity index (χ0n) is 17.8. The van der Waals surface area contributed by atoms with Crippen LogP contribution in [0, 0.1) is 6.92 Å². The molecule has 4 aromatic rings. The molecule has 2 aromatic heterocycles. The third-order valence-electron chi connectivity index (χ3n) is 5.97. The Bertz CT molecular complexity index is 1280. The Hall–Kier alpha value is -3.44. The average Bonchev–Trinajstić information content (AvgIpc) is 2.84. The molecule has 0 bridgehead atoms. The van der Waals surface area contributed by atoms with E-state index in [2.05, 4.69) is 16.0 Å². The number of halogens is 1. The summed E-state index contributed by atoms with van der Waals surface area (Å²) in [5.74, 6) is 0.0406. The standard InChI is InChI=1S/C26H23ClN4O/c1-18-5-2-9-22-23(16-24(29-25(18)22)19-6-4-10-28-17-19)26(32)31-13-11-30(12-14-31)21-8-3-7-20(27)15-21/h2-10,15-17H,11-14H2,1H3. The first kappa shape index (κ1) is 20.5. The van der Waals surface area contributed by atoms with E-state index in [0.29, 0.717) is 18.7 Å². The molecule has 6 heteroatoms. The number of hydrogen-bond donors (Lipinski definition) is 0. The number of pyridine rings is 2. The second-order valence-electron chi connectivity index (χ2n) is 8.03. The SMILES string of the molecule is Cc1cccc2c(C(=O)N3CCN(c4cccc(Cl)c4)CC3)cc(-c3cccnc3)nc12. The molecule has 1 aliphatic rings. The summed E-state index contributed by atoms with van der Waals surface area (Å²) in [5.41, 5.74) is 5.35. The van der Waals surface area contributed by atoms with Crippen molar-refractivity contribution in [2.45, 2.75) is 6.92 Å². The predicted octanol–water partition coefficient (Wildman–Crippen LogP) is 5.22. The molecule has 3 heterocycles. The van der Waals surface area contributed by atoms with Crippen LogP contribution >= 0.6 is 11.6 Å². The van der Waals surface area contributed by atoms with Crippen LogP contribution in [0.25, 0.3) is 22.2 Å². The second-order valence-corrected chi connectivity index (χ2v) is 8.46. The lowest BCUT2D eigenvalue weighted by atomic mass is 10.0. The van der Waals surface area contributed by atoms with Gasteiger partial charge in [-0.15, -0.1) is 0 Å². The van der Waals surface area contributed by atoms with Crippen LogP contribution in [-0.2, 0) is 0 Å². The minimum Gasteiger partial charge on any atom is -0.368 e. The van der Waals surface area contributed by atoms with Gasteiger partial charge < -0.3 is 9.80 Å². The molecular weight excluding hydrogens is 420 g/mol. The fraction of sp³-hybridized carbons (Fsp3) is 0.192. The van der Waals surface area contributed by atoms with E-state index in [1.165, 1.54) is 0 Å². The summed E-state index contributed by atoms with van der Waals surface area (Å²) >= 11 is 6.16. The van der Waals surface area contributed by atoms with Crippen LogP contribution < -0.4 is 4.90 Å². The maximum absolute atomic E-state index is 13.6. The molecule has 160 valence electrons. The van der Waals surface area contributed by atoms with Crippen LogP contribution in [-0.4, -0.2) is 47.0 Å². The van der Waals surface area contributed by atoms with Crippen LogP contribution in [0.4, 0.5) is 5.69 Å². The Labute approximate surface area is 192 Å². The number of piperazine rings is 1. The smallest absolute Gasteiger partial charge is 0.254 e. The molecule has 0 aliphatic carbocycles. The summed E-state index contributed by atoms with van der Waals surface area (Å²) < 4.78 is 0. The largest absolute Gasteiger partial charge is 0.368 e. The Balaban J connectivity index is 1.46. The second kappa shape index (κ2) is 8.60. The van der Waals surface area contributed by atoms with Crippen molar-refractivity contribution in [3.05, 3.63) is 89.2 Å². The zero-order chi connectivity index (χ0) is 22.1. The van der Waals surface area contributed by atoms with E-state index in [9.17, 15) is 4.79 Å². The third-order valence-corrected chi connectivity index (χ3v) is 6.20. The fourth-order valence-electron chi connectivity index (χ4n) is 4.24.